The van der Waals surface area contributed by atoms with Crippen molar-refractivity contribution in [2.45, 2.75) is 42.9 Å². The van der Waals surface area contributed by atoms with Gasteiger partial charge in [-0.25, -0.2) is 4.98 Å². The van der Waals surface area contributed by atoms with Gasteiger partial charge in [-0.2, -0.15) is 9.97 Å². The number of hydrogen-bond donors (Lipinski definition) is 5. The second kappa shape index (κ2) is 12.8. The summed E-state index contributed by atoms with van der Waals surface area (Å²) in [5, 5.41) is 38.0. The SMILES string of the molecule is OC[C@H]1O[C@@H](n2cnc3c(NCC(c4ccccc4)c4ccccc4)nc(N4CCC(N5CCNCC5)C4)nc32)[C@H](O)[C@@H]1O. The molecular weight excluding hydrogens is 560 g/mol. The Hall–Kier alpha value is -3.65. The summed E-state index contributed by atoms with van der Waals surface area (Å²) in [5.74, 6) is 1.25. The Bertz CT molecular complexity index is 1490. The van der Waals surface area contributed by atoms with E-state index in [0.717, 1.165) is 45.7 Å². The molecule has 5 N–H and O–H groups in total. The maximum absolute atomic E-state index is 10.8. The van der Waals surface area contributed by atoms with Crippen molar-refractivity contribution >= 4 is 22.9 Å². The molecule has 0 amide bonds. The van der Waals surface area contributed by atoms with E-state index in [1.807, 2.05) is 12.1 Å². The fourth-order valence-electron chi connectivity index (χ4n) is 6.73. The molecule has 3 aliphatic rings. The summed E-state index contributed by atoms with van der Waals surface area (Å²) in [6.07, 6.45) is -1.73. The standard InChI is InChI=1S/C32H40N8O4/c41-19-25-27(42)28(43)31(44-25)40-20-35-26-29(34-17-24(21-7-3-1-4-8-21)22-9-5-2-6-10-22)36-32(37-30(26)40)39-14-11-23(18-39)38-15-12-33-13-16-38/h1-10,20,23-25,27-28,31,33,41-43H,11-19H2,(H,34,36,37)/t23?,25-,27-,28-,31-/m1/s1. The first-order chi connectivity index (χ1) is 21.6. The third-order valence-corrected chi connectivity index (χ3v) is 9.19. The van der Waals surface area contributed by atoms with Crippen LogP contribution in [0.15, 0.2) is 67.0 Å². The van der Waals surface area contributed by atoms with Gasteiger partial charge in [0.1, 0.15) is 18.3 Å². The van der Waals surface area contributed by atoms with Crippen LogP contribution in [0, 0.1) is 0 Å². The lowest BCUT2D eigenvalue weighted by molar-refractivity contribution is -0.0511. The number of anilines is 2. The van der Waals surface area contributed by atoms with Crippen molar-refractivity contribution in [2.24, 2.45) is 0 Å². The first-order valence-electron chi connectivity index (χ1n) is 15.5. The number of benzene rings is 2. The number of aliphatic hydroxyl groups excluding tert-OH is 3. The van der Waals surface area contributed by atoms with Gasteiger partial charge in [0.2, 0.25) is 5.95 Å². The van der Waals surface area contributed by atoms with Crippen LogP contribution in [0.4, 0.5) is 11.8 Å². The maximum Gasteiger partial charge on any atom is 0.229 e. The van der Waals surface area contributed by atoms with Crippen molar-refractivity contribution in [3.63, 3.8) is 0 Å². The number of nitrogens with zero attached hydrogens (tertiary/aromatic N) is 6. The fraction of sp³-hybridized carbons (Fsp3) is 0.469. The Morgan fingerprint density at radius 3 is 2.30 bits per heavy atom. The molecule has 12 heteroatoms. The van der Waals surface area contributed by atoms with E-state index in [4.69, 9.17) is 14.7 Å². The number of hydrogen-bond acceptors (Lipinski definition) is 11. The Kier molecular flexibility index (Phi) is 8.43. The van der Waals surface area contributed by atoms with E-state index in [2.05, 4.69) is 73.9 Å². The molecule has 0 bridgehead atoms. The highest BCUT2D eigenvalue weighted by atomic mass is 16.6. The molecule has 0 spiro atoms. The lowest BCUT2D eigenvalue weighted by atomic mass is 9.91. The molecule has 0 radical (unpaired) electrons. The average molecular weight is 601 g/mol. The van der Waals surface area contributed by atoms with Crippen LogP contribution >= 0.6 is 0 Å². The van der Waals surface area contributed by atoms with E-state index in [0.29, 0.717) is 35.5 Å². The van der Waals surface area contributed by atoms with Crippen LogP contribution in [0.2, 0.25) is 0 Å². The summed E-state index contributed by atoms with van der Waals surface area (Å²) in [6.45, 7) is 5.88. The van der Waals surface area contributed by atoms with Gasteiger partial charge in [0.15, 0.2) is 23.2 Å². The molecule has 2 aromatic carbocycles. The monoisotopic (exact) mass is 600 g/mol. The third-order valence-electron chi connectivity index (χ3n) is 9.19. The van der Waals surface area contributed by atoms with Gasteiger partial charge in [-0.3, -0.25) is 9.47 Å². The molecule has 5 atom stereocenters. The normalized spacial score (nSPS) is 26.2. The number of rotatable bonds is 9. The van der Waals surface area contributed by atoms with Crippen molar-refractivity contribution in [3.05, 3.63) is 78.1 Å². The quantitative estimate of drug-likeness (QED) is 0.189. The number of aliphatic hydroxyl groups is 3. The first-order valence-corrected chi connectivity index (χ1v) is 15.5. The minimum absolute atomic E-state index is 0.0669. The van der Waals surface area contributed by atoms with Gasteiger partial charge in [0.05, 0.1) is 12.9 Å². The molecule has 232 valence electrons. The van der Waals surface area contributed by atoms with Crippen molar-refractivity contribution < 1.29 is 20.1 Å². The zero-order valence-corrected chi connectivity index (χ0v) is 24.6. The molecule has 0 aliphatic carbocycles. The van der Waals surface area contributed by atoms with Gasteiger partial charge in [-0.15, -0.1) is 0 Å². The molecule has 5 heterocycles. The molecule has 3 aliphatic heterocycles. The summed E-state index contributed by atoms with van der Waals surface area (Å²) in [7, 11) is 0. The van der Waals surface area contributed by atoms with Crippen LogP contribution in [0.5, 0.6) is 0 Å². The Morgan fingerprint density at radius 1 is 0.932 bits per heavy atom. The highest BCUT2D eigenvalue weighted by Crippen LogP contribution is 2.34. The van der Waals surface area contributed by atoms with Crippen molar-refractivity contribution in [1.29, 1.82) is 0 Å². The Morgan fingerprint density at radius 2 is 1.64 bits per heavy atom. The molecular formula is C32H40N8O4. The van der Waals surface area contributed by atoms with Crippen molar-refractivity contribution in [2.75, 3.05) is 62.6 Å². The summed E-state index contributed by atoms with van der Waals surface area (Å²) < 4.78 is 7.51. The molecule has 4 aromatic rings. The third kappa shape index (κ3) is 5.65. The molecule has 0 saturated carbocycles. The fourth-order valence-corrected chi connectivity index (χ4v) is 6.73. The van der Waals surface area contributed by atoms with Crippen molar-refractivity contribution in [3.8, 4) is 0 Å². The van der Waals surface area contributed by atoms with E-state index < -0.39 is 31.1 Å². The molecule has 1 unspecified atom stereocenters. The summed E-state index contributed by atoms with van der Waals surface area (Å²) in [5.41, 5.74) is 3.41. The lowest BCUT2D eigenvalue weighted by Gasteiger charge is -2.32. The van der Waals surface area contributed by atoms with Crippen LogP contribution in [0.1, 0.15) is 29.7 Å². The predicted octanol–water partition coefficient (Wildman–Crippen LogP) is 1.17. The van der Waals surface area contributed by atoms with E-state index in [1.54, 1.807) is 10.9 Å². The molecule has 7 rings (SSSR count). The summed E-state index contributed by atoms with van der Waals surface area (Å²) in [4.78, 5) is 19.4. The Labute approximate surface area is 256 Å². The van der Waals surface area contributed by atoms with Gasteiger partial charge in [0, 0.05) is 57.8 Å². The average Bonchev–Trinajstić information content (AvgIpc) is 3.81. The topological polar surface area (TPSA) is 144 Å². The molecule has 2 aromatic heterocycles. The maximum atomic E-state index is 10.8. The lowest BCUT2D eigenvalue weighted by Crippen LogP contribution is -2.49. The minimum Gasteiger partial charge on any atom is -0.394 e. The number of nitrogens with one attached hydrogen (secondary N) is 2. The van der Waals surface area contributed by atoms with Gasteiger partial charge < -0.3 is 35.6 Å². The highest BCUT2D eigenvalue weighted by molar-refractivity contribution is 5.84. The van der Waals surface area contributed by atoms with Crippen LogP contribution in [0.25, 0.3) is 11.2 Å². The predicted molar refractivity (Wildman–Crippen MR) is 167 cm³/mol. The summed E-state index contributed by atoms with van der Waals surface area (Å²) >= 11 is 0. The number of piperazine rings is 1. The van der Waals surface area contributed by atoms with Crippen LogP contribution in [0.3, 0.4) is 0 Å². The number of ether oxygens (including phenoxy) is 1. The van der Waals surface area contributed by atoms with Crippen LogP contribution in [-0.4, -0.2) is 117 Å². The van der Waals surface area contributed by atoms with E-state index in [1.165, 1.54) is 11.1 Å². The van der Waals surface area contributed by atoms with Gasteiger partial charge in [0.25, 0.3) is 0 Å². The zero-order chi connectivity index (χ0) is 30.0. The molecule has 3 saturated heterocycles. The van der Waals surface area contributed by atoms with E-state index in [-0.39, 0.29) is 5.92 Å². The second-order valence-corrected chi connectivity index (χ2v) is 11.9. The Balaban J connectivity index is 1.23. The minimum atomic E-state index is -1.25. The van der Waals surface area contributed by atoms with E-state index in [9.17, 15) is 15.3 Å². The van der Waals surface area contributed by atoms with Gasteiger partial charge >= 0.3 is 0 Å². The smallest absolute Gasteiger partial charge is 0.229 e. The summed E-state index contributed by atoms with van der Waals surface area (Å²) in [6, 6.07) is 21.2. The number of aromatic nitrogens is 4. The highest BCUT2D eigenvalue weighted by Gasteiger charge is 2.44. The van der Waals surface area contributed by atoms with Gasteiger partial charge in [-0.05, 0) is 17.5 Å². The molecule has 3 fully saturated rings. The number of fused-ring (bicyclic) bond motifs is 1. The molecule has 44 heavy (non-hydrogen) atoms. The zero-order valence-electron chi connectivity index (χ0n) is 24.6. The second-order valence-electron chi connectivity index (χ2n) is 11.9. The van der Waals surface area contributed by atoms with Gasteiger partial charge in [-0.1, -0.05) is 60.7 Å². The van der Waals surface area contributed by atoms with Crippen LogP contribution < -0.4 is 15.5 Å². The first kappa shape index (κ1) is 29.1. The largest absolute Gasteiger partial charge is 0.394 e. The van der Waals surface area contributed by atoms with Crippen LogP contribution in [-0.2, 0) is 4.74 Å². The van der Waals surface area contributed by atoms with E-state index >= 15 is 0 Å². The van der Waals surface area contributed by atoms with Crippen molar-refractivity contribution in [1.82, 2.24) is 29.7 Å². The molecule has 12 nitrogen and oxygen atoms in total. The number of imidazole rings is 1.